The van der Waals surface area contributed by atoms with E-state index in [0.29, 0.717) is 17.9 Å². The van der Waals surface area contributed by atoms with Gasteiger partial charge in [-0.1, -0.05) is 165 Å². The number of benzene rings is 3. The average Bonchev–Trinajstić information content (AvgIpc) is 1.76. The van der Waals surface area contributed by atoms with Crippen LogP contribution >= 0.6 is 8.53 Å². The Labute approximate surface area is 589 Å². The second-order valence-corrected chi connectivity index (χ2v) is 28.4. The topological polar surface area (TPSA) is 289 Å². The maximum atomic E-state index is 15.5. The van der Waals surface area contributed by atoms with Crippen molar-refractivity contribution in [3.63, 3.8) is 0 Å². The van der Waals surface area contributed by atoms with E-state index in [0.717, 1.165) is 42.4 Å². The fraction of sp³-hybridized carbons (Fsp3) is 0.600. The van der Waals surface area contributed by atoms with Crippen LogP contribution in [-0.2, 0) is 43.4 Å². The van der Waals surface area contributed by atoms with Crippen molar-refractivity contribution in [1.29, 1.82) is 5.26 Å². The van der Waals surface area contributed by atoms with Gasteiger partial charge in [0.25, 0.3) is 19.6 Å². The molecule has 546 valence electrons. The lowest BCUT2D eigenvalue weighted by atomic mass is 9.79. The first kappa shape index (κ1) is 78.5. The third kappa shape index (κ3) is 19.9. The van der Waals surface area contributed by atoms with E-state index >= 15 is 4.79 Å². The van der Waals surface area contributed by atoms with Gasteiger partial charge < -0.3 is 47.5 Å². The molecule has 8 rings (SSSR count). The number of amides is 2. The molecule has 0 spiro atoms. The summed E-state index contributed by atoms with van der Waals surface area (Å²) in [6.07, 6.45) is 14.7. The number of anilines is 1. The van der Waals surface area contributed by atoms with Crippen LogP contribution in [-0.4, -0.2) is 147 Å². The third-order valence-electron chi connectivity index (χ3n) is 19.4. The van der Waals surface area contributed by atoms with Gasteiger partial charge in [-0.2, -0.15) is 10.2 Å². The van der Waals surface area contributed by atoms with E-state index < -0.39 is 91.5 Å². The Balaban J connectivity index is 1.16. The van der Waals surface area contributed by atoms with Crippen LogP contribution < -0.4 is 31.6 Å². The van der Waals surface area contributed by atoms with Crippen molar-refractivity contribution >= 4 is 37.5 Å². The van der Waals surface area contributed by atoms with Crippen LogP contribution in [0.3, 0.4) is 0 Å². The molecule has 0 bridgehead atoms. The molecule has 2 aliphatic rings. The van der Waals surface area contributed by atoms with Crippen LogP contribution in [0, 0.1) is 35.0 Å². The van der Waals surface area contributed by atoms with Crippen molar-refractivity contribution in [2.24, 2.45) is 23.7 Å². The molecule has 2 saturated heterocycles. The molecule has 5 heterocycles. The zero-order valence-corrected chi connectivity index (χ0v) is 61.2. The summed E-state index contributed by atoms with van der Waals surface area (Å²) in [5.41, 5.74) is -0.870. The van der Waals surface area contributed by atoms with Gasteiger partial charge in [0.1, 0.15) is 29.3 Å². The van der Waals surface area contributed by atoms with Crippen LogP contribution in [0.4, 0.5) is 5.95 Å². The molecule has 4 N–H and O–H groups in total. The average molecular weight is 1400 g/mol. The van der Waals surface area contributed by atoms with Crippen LogP contribution in [0.15, 0.2) is 112 Å². The number of carbonyl (C=O) groups excluding carboxylic acids is 2. The van der Waals surface area contributed by atoms with Gasteiger partial charge in [-0.05, 0) is 81.5 Å². The third-order valence-corrected chi connectivity index (χ3v) is 21.1. The standard InChI is InChI=1S/C75H107N10O14P/c1-12-13-14-15-16-17-18-19-20-21-22-23-24-25-29-32-63(87)82(46-60-64(53(45-76)47-97-100(91)85(51(4)5)52(6)7)67(95-11)72(98-60)84-49-77-65-68(84)79-73(81-70(65)89)80-69(88)50(2)3)43-41-59-61(99-71(66(59)94-10)83-44-42-62(86)78-74(83)90)48-96-75(54-30-27-26-28-31-54,55-33-37-57(92-8)38-34-55)56-35-39-58(93-9)40-36-56/h26-28,30-31,33-40,42,44,49-53,59-61,64,66-67,71-72,91H,12-25,29,32,41,43,46-48H2,1-11H3,(H,78,86,90)(H2,79,80,81,88,89)/t53?,59-,60+,61-,64-,66-,67-,71-,72-,100?/m1/s1. The Morgan fingerprint density at radius 3 is 1.80 bits per heavy atom. The fourth-order valence-electron chi connectivity index (χ4n) is 14.1. The molecule has 2 aliphatic heterocycles. The number of ether oxygens (including phenoxy) is 7. The number of hydrogen-bond donors (Lipinski definition) is 4. The first-order valence-corrected chi connectivity index (χ1v) is 37.0. The van der Waals surface area contributed by atoms with Crippen LogP contribution in [0.5, 0.6) is 11.5 Å². The largest absolute Gasteiger partial charge is 0.497 e. The molecule has 10 atom stereocenters. The number of nitriles is 1. The number of aromatic amines is 2. The maximum Gasteiger partial charge on any atom is 0.330 e. The van der Waals surface area contributed by atoms with Gasteiger partial charge in [-0.25, -0.2) is 14.4 Å². The van der Waals surface area contributed by atoms with E-state index in [1.807, 2.05) is 111 Å². The highest BCUT2D eigenvalue weighted by atomic mass is 31.2. The van der Waals surface area contributed by atoms with Gasteiger partial charge in [-0.15, -0.1) is 0 Å². The SMILES string of the molecule is CCCCCCCCCCCCCCCCCC(=O)N(CC[C@H]1[C@@H](OC)[C@H](n2ccc(=O)[nH]c2=O)O[C@@H]1COC(c1ccccc1)(c1ccc(OC)cc1)c1ccc(OC)cc1)C[C@@H]1O[C@@H](n2cnc3c(=O)[nH]c(NC(=O)C(C)C)nc32)[C@H](OC)[C@@H]1C(C#N)COP(O)N(C(C)C)C(C)C. The Kier molecular flexibility index (Phi) is 30.4. The van der Waals surface area contributed by atoms with Gasteiger partial charge >= 0.3 is 5.69 Å². The van der Waals surface area contributed by atoms with Crippen molar-refractivity contribution < 1.29 is 52.2 Å². The fourth-order valence-corrected chi connectivity index (χ4v) is 15.4. The van der Waals surface area contributed by atoms with Crippen molar-refractivity contribution in [1.82, 2.24) is 38.6 Å². The van der Waals surface area contributed by atoms with Crippen LogP contribution in [0.2, 0.25) is 0 Å². The molecule has 2 amide bonds. The van der Waals surface area contributed by atoms with Gasteiger partial charge in [-0.3, -0.25) is 43.6 Å². The molecule has 25 heteroatoms. The van der Waals surface area contributed by atoms with E-state index in [4.69, 9.17) is 37.7 Å². The smallest absolute Gasteiger partial charge is 0.330 e. The van der Waals surface area contributed by atoms with E-state index in [2.05, 4.69) is 38.2 Å². The highest BCUT2D eigenvalue weighted by Gasteiger charge is 2.53. The number of hydrogen-bond acceptors (Lipinski definition) is 18. The van der Waals surface area contributed by atoms with E-state index in [1.54, 1.807) is 37.5 Å². The molecular formula is C75H107N10O14P. The summed E-state index contributed by atoms with van der Waals surface area (Å²) in [4.78, 5) is 96.3. The molecule has 100 heavy (non-hydrogen) atoms. The van der Waals surface area contributed by atoms with Gasteiger partial charge in [0.2, 0.25) is 17.8 Å². The number of methoxy groups -OCH3 is 4. The Hall–Kier alpha value is -7.17. The second-order valence-electron chi connectivity index (χ2n) is 27.2. The Morgan fingerprint density at radius 1 is 0.720 bits per heavy atom. The number of nitrogens with one attached hydrogen (secondary N) is 3. The molecule has 0 saturated carbocycles. The number of aromatic nitrogens is 6. The Bertz CT molecular complexity index is 3650. The number of fused-ring (bicyclic) bond motifs is 1. The quantitative estimate of drug-likeness (QED) is 0.0157. The lowest BCUT2D eigenvalue weighted by Crippen LogP contribution is -2.45. The summed E-state index contributed by atoms with van der Waals surface area (Å²) in [7, 11) is 4.04. The molecular weight excluding hydrogens is 1300 g/mol. The summed E-state index contributed by atoms with van der Waals surface area (Å²) >= 11 is 0. The first-order valence-electron chi connectivity index (χ1n) is 35.8. The summed E-state index contributed by atoms with van der Waals surface area (Å²) in [5, 5.41) is 14.0. The van der Waals surface area contributed by atoms with Crippen molar-refractivity contribution in [3.05, 3.63) is 145 Å². The highest BCUT2D eigenvalue weighted by Crippen LogP contribution is 2.47. The molecule has 2 unspecified atom stereocenters. The summed E-state index contributed by atoms with van der Waals surface area (Å²) in [6.45, 7) is 13.2. The van der Waals surface area contributed by atoms with Crippen molar-refractivity contribution in [2.75, 3.05) is 60.1 Å². The predicted molar refractivity (Wildman–Crippen MR) is 385 cm³/mol. The Morgan fingerprint density at radius 2 is 1.27 bits per heavy atom. The minimum absolute atomic E-state index is 0.0451. The second kappa shape index (κ2) is 38.7. The summed E-state index contributed by atoms with van der Waals surface area (Å²) in [5.74, 6) is -2.33. The summed E-state index contributed by atoms with van der Waals surface area (Å²) in [6, 6.07) is 28.6. The zero-order valence-electron chi connectivity index (χ0n) is 60.3. The molecule has 3 aromatic heterocycles. The van der Waals surface area contributed by atoms with Gasteiger partial charge in [0, 0.05) is 75.8 Å². The maximum absolute atomic E-state index is 15.5. The van der Waals surface area contributed by atoms with Crippen LogP contribution in [0.25, 0.3) is 11.2 Å². The van der Waals surface area contributed by atoms with E-state index in [9.17, 15) is 29.3 Å². The number of rotatable bonds is 42. The number of H-pyrrole nitrogens is 2. The molecule has 6 aromatic rings. The molecule has 3 aromatic carbocycles. The number of unbranched alkanes of at least 4 members (excludes halogenated alkanes) is 14. The molecule has 24 nitrogen and oxygen atoms in total. The first-order chi connectivity index (χ1) is 48.3. The zero-order chi connectivity index (χ0) is 71.9. The van der Waals surface area contributed by atoms with Crippen molar-refractivity contribution in [2.45, 2.75) is 212 Å². The molecule has 0 radical (unpaired) electrons. The van der Waals surface area contributed by atoms with E-state index in [-0.39, 0.29) is 80.2 Å². The normalized spacial score (nSPS) is 20.0. The number of carbonyl (C=O) groups is 2. The number of imidazole rings is 1. The highest BCUT2D eigenvalue weighted by molar-refractivity contribution is 7.43. The predicted octanol–water partition coefficient (Wildman–Crippen LogP) is 12.3. The van der Waals surface area contributed by atoms with Crippen LogP contribution in [0.1, 0.15) is 187 Å². The molecule has 2 fully saturated rings. The lowest BCUT2D eigenvalue weighted by Gasteiger charge is -2.37. The summed E-state index contributed by atoms with van der Waals surface area (Å²) < 4.78 is 56.8. The lowest BCUT2D eigenvalue weighted by molar-refractivity contribution is -0.135. The van der Waals surface area contributed by atoms with Gasteiger partial charge in [0.05, 0.1) is 58.0 Å². The number of nitrogens with zero attached hydrogens (tertiary/aromatic N) is 7. The minimum Gasteiger partial charge on any atom is -0.497 e. The van der Waals surface area contributed by atoms with E-state index in [1.165, 1.54) is 102 Å². The van der Waals surface area contributed by atoms with Crippen molar-refractivity contribution in [3.8, 4) is 17.6 Å². The molecule has 0 aliphatic carbocycles. The monoisotopic (exact) mass is 1400 g/mol. The van der Waals surface area contributed by atoms with Gasteiger partial charge in [0.15, 0.2) is 23.6 Å². The minimum atomic E-state index is -2.19.